The Kier molecular flexibility index (Phi) is 5.11. The lowest BCUT2D eigenvalue weighted by Crippen LogP contribution is -2.39. The Morgan fingerprint density at radius 3 is 2.56 bits per heavy atom. The van der Waals surface area contributed by atoms with Gasteiger partial charge in [0.15, 0.2) is 0 Å². The van der Waals surface area contributed by atoms with Crippen LogP contribution in [0.5, 0.6) is 0 Å². The van der Waals surface area contributed by atoms with Crippen LogP contribution in [0.2, 0.25) is 0 Å². The van der Waals surface area contributed by atoms with Gasteiger partial charge in [-0.15, -0.1) is 5.12 Å². The van der Waals surface area contributed by atoms with Gasteiger partial charge in [0.25, 0.3) is 10.1 Å². The van der Waals surface area contributed by atoms with Gasteiger partial charge >= 0.3 is 0 Å². The van der Waals surface area contributed by atoms with Crippen LogP contribution < -0.4 is 5.43 Å². The van der Waals surface area contributed by atoms with Crippen molar-refractivity contribution in [2.45, 2.75) is 18.7 Å². The molecule has 1 aliphatic rings. The molecule has 0 saturated heterocycles. The normalized spacial score (nSPS) is 15.4. The van der Waals surface area contributed by atoms with Crippen LogP contribution in [0.1, 0.15) is 24.0 Å². The van der Waals surface area contributed by atoms with Gasteiger partial charge in [-0.3, -0.25) is 14.8 Å². The van der Waals surface area contributed by atoms with E-state index in [-0.39, 0.29) is 11.4 Å². The summed E-state index contributed by atoms with van der Waals surface area (Å²) < 4.78 is 46.6. The van der Waals surface area contributed by atoms with Crippen LogP contribution in [0.4, 0.5) is 4.39 Å². The second-order valence-electron chi connectivity index (χ2n) is 5.66. The van der Waals surface area contributed by atoms with Crippen molar-refractivity contribution in [1.82, 2.24) is 25.7 Å². The molecule has 2 N–H and O–H groups in total. The van der Waals surface area contributed by atoms with Gasteiger partial charge in [-0.25, -0.2) is 14.4 Å². The summed E-state index contributed by atoms with van der Waals surface area (Å²) in [6.45, 7) is 3.69. The van der Waals surface area contributed by atoms with Crippen LogP contribution in [0.15, 0.2) is 35.4 Å². The van der Waals surface area contributed by atoms with Crippen LogP contribution in [0.3, 0.4) is 0 Å². The second kappa shape index (κ2) is 7.19. The smallest absolute Gasteiger partial charge is 0.295 e. The highest BCUT2D eigenvalue weighted by atomic mass is 32.2. The number of hydrogen-bond acceptors (Lipinski definition) is 8. The van der Waals surface area contributed by atoms with Crippen LogP contribution in [0, 0.1) is 12.7 Å². The molecule has 1 aromatic carbocycles. The van der Waals surface area contributed by atoms with Crippen LogP contribution in [-0.2, 0) is 15.0 Å². The maximum absolute atomic E-state index is 13.4. The van der Waals surface area contributed by atoms with Gasteiger partial charge in [0.05, 0.1) is 12.8 Å². The number of aromatic nitrogens is 2. The predicted octanol–water partition coefficient (Wildman–Crippen LogP) is 1.62. The quantitative estimate of drug-likeness (QED) is 0.730. The number of rotatable bonds is 5. The van der Waals surface area contributed by atoms with Gasteiger partial charge < -0.3 is 0 Å². The minimum atomic E-state index is -4.58. The number of hydrazine groups is 2. The first-order chi connectivity index (χ1) is 12.7. The third-order valence-electron chi connectivity index (χ3n) is 3.73. The molecule has 0 saturated carbocycles. The topological polar surface area (TPSA) is 108 Å². The Bertz CT molecular complexity index is 994. The molecule has 1 aliphatic heterocycles. The van der Waals surface area contributed by atoms with E-state index in [1.165, 1.54) is 34.6 Å². The first-order valence-electron chi connectivity index (χ1n) is 7.97. The molecule has 0 unspecified atom stereocenters. The SMILES string of the molecule is CCON1C(c2ccc(F)cc2)=C(c2nc(C)ncc2S(=O)(=O)O)NN1C. The number of halogens is 1. The summed E-state index contributed by atoms with van der Waals surface area (Å²) >= 11 is 0. The Balaban J connectivity index is 2.30. The van der Waals surface area contributed by atoms with Crippen molar-refractivity contribution in [3.63, 3.8) is 0 Å². The van der Waals surface area contributed by atoms with Crippen molar-refractivity contribution in [1.29, 1.82) is 0 Å². The van der Waals surface area contributed by atoms with Crippen molar-refractivity contribution in [3.8, 4) is 0 Å². The van der Waals surface area contributed by atoms with Gasteiger partial charge in [0.2, 0.25) is 0 Å². The third-order valence-corrected chi connectivity index (χ3v) is 4.59. The van der Waals surface area contributed by atoms with Crippen molar-refractivity contribution < 1.29 is 22.2 Å². The fraction of sp³-hybridized carbons (Fsp3) is 0.250. The maximum Gasteiger partial charge on any atom is 0.298 e. The lowest BCUT2D eigenvalue weighted by atomic mass is 10.1. The number of benzene rings is 1. The summed E-state index contributed by atoms with van der Waals surface area (Å²) in [5.41, 5.74) is 4.15. The third kappa shape index (κ3) is 3.76. The Hall–Kier alpha value is -2.60. The molecule has 0 fully saturated rings. The summed E-state index contributed by atoms with van der Waals surface area (Å²) in [5.74, 6) is -0.109. The molecule has 9 nitrogen and oxygen atoms in total. The van der Waals surface area contributed by atoms with E-state index in [1.54, 1.807) is 20.9 Å². The molecule has 3 rings (SSSR count). The van der Waals surface area contributed by atoms with Gasteiger partial charge in [-0.1, -0.05) is 0 Å². The lowest BCUT2D eigenvalue weighted by molar-refractivity contribution is -0.230. The van der Waals surface area contributed by atoms with Crippen molar-refractivity contribution >= 4 is 21.5 Å². The number of nitrogens with one attached hydrogen (secondary N) is 1. The standard InChI is InChI=1S/C16H18FN5O4S/c1-4-26-22-16(11-5-7-12(17)8-6-11)15(20-21(22)3)14-13(27(23,24)25)9-18-10(2)19-14/h5-9,20H,4H2,1-3H3,(H,23,24,25). The number of aryl methyl sites for hydroxylation is 1. The van der Waals surface area contributed by atoms with Crippen LogP contribution in [0.25, 0.3) is 11.4 Å². The van der Waals surface area contributed by atoms with E-state index in [0.29, 0.717) is 23.7 Å². The average Bonchev–Trinajstić information content (AvgIpc) is 2.91. The van der Waals surface area contributed by atoms with Gasteiger partial charge in [0, 0.05) is 12.6 Å². The zero-order valence-electron chi connectivity index (χ0n) is 14.8. The molecule has 144 valence electrons. The van der Waals surface area contributed by atoms with E-state index >= 15 is 0 Å². The highest BCUT2D eigenvalue weighted by Gasteiger charge is 2.34. The molecule has 27 heavy (non-hydrogen) atoms. The fourth-order valence-electron chi connectivity index (χ4n) is 2.63. The molecule has 0 atom stereocenters. The van der Waals surface area contributed by atoms with Crippen LogP contribution >= 0.6 is 0 Å². The molecule has 0 spiro atoms. The molecule has 2 heterocycles. The van der Waals surface area contributed by atoms with E-state index in [0.717, 1.165) is 6.20 Å². The molecular formula is C16H18FN5O4S. The zero-order chi connectivity index (χ0) is 19.8. The largest absolute Gasteiger partial charge is 0.298 e. The van der Waals surface area contributed by atoms with Crippen molar-refractivity contribution in [2.24, 2.45) is 0 Å². The van der Waals surface area contributed by atoms with Gasteiger partial charge in [-0.05, 0) is 38.1 Å². The lowest BCUT2D eigenvalue weighted by Gasteiger charge is -2.26. The summed E-state index contributed by atoms with van der Waals surface area (Å²) in [5, 5.41) is 2.87. The van der Waals surface area contributed by atoms with Gasteiger partial charge in [-0.2, -0.15) is 13.6 Å². The molecular weight excluding hydrogens is 377 g/mol. The number of hydrogen-bond donors (Lipinski definition) is 2. The molecule has 0 amide bonds. The monoisotopic (exact) mass is 395 g/mol. The van der Waals surface area contributed by atoms with E-state index in [2.05, 4.69) is 15.4 Å². The van der Waals surface area contributed by atoms with Crippen LogP contribution in [-0.4, -0.2) is 46.9 Å². The Morgan fingerprint density at radius 1 is 1.30 bits per heavy atom. The van der Waals surface area contributed by atoms with E-state index < -0.39 is 20.8 Å². The highest BCUT2D eigenvalue weighted by Crippen LogP contribution is 2.35. The minimum absolute atomic E-state index is 0.0293. The van der Waals surface area contributed by atoms with E-state index in [1.807, 2.05) is 0 Å². The molecule has 0 aliphatic carbocycles. The molecule has 11 heteroatoms. The van der Waals surface area contributed by atoms with Crippen molar-refractivity contribution in [2.75, 3.05) is 13.7 Å². The van der Waals surface area contributed by atoms with Crippen molar-refractivity contribution in [3.05, 3.63) is 53.4 Å². The Morgan fingerprint density at radius 2 is 1.96 bits per heavy atom. The highest BCUT2D eigenvalue weighted by molar-refractivity contribution is 7.85. The number of hydroxylamine groups is 1. The molecule has 2 aromatic rings. The predicted molar refractivity (Wildman–Crippen MR) is 94.2 cm³/mol. The molecule has 0 bridgehead atoms. The summed E-state index contributed by atoms with van der Waals surface area (Å²) in [6.07, 6.45) is 1.04. The second-order valence-corrected chi connectivity index (χ2v) is 7.05. The summed E-state index contributed by atoms with van der Waals surface area (Å²) in [4.78, 5) is 13.2. The maximum atomic E-state index is 13.4. The molecule has 0 radical (unpaired) electrons. The summed E-state index contributed by atoms with van der Waals surface area (Å²) in [6, 6.07) is 5.60. The Labute approximate surface area is 155 Å². The van der Waals surface area contributed by atoms with E-state index in [9.17, 15) is 17.4 Å². The van der Waals surface area contributed by atoms with E-state index in [4.69, 9.17) is 4.84 Å². The average molecular weight is 395 g/mol. The zero-order valence-corrected chi connectivity index (χ0v) is 15.7. The first-order valence-corrected chi connectivity index (χ1v) is 9.41. The van der Waals surface area contributed by atoms with Gasteiger partial charge in [0.1, 0.15) is 33.6 Å². The first kappa shape index (κ1) is 19.2. The number of nitrogens with zero attached hydrogens (tertiary/aromatic N) is 4. The fourth-order valence-corrected chi connectivity index (χ4v) is 3.21. The minimum Gasteiger partial charge on any atom is -0.295 e. The molecule has 1 aromatic heterocycles. The summed E-state index contributed by atoms with van der Waals surface area (Å²) in [7, 11) is -2.94.